The van der Waals surface area contributed by atoms with Crippen LogP contribution in [0.5, 0.6) is 0 Å². The first-order valence-corrected chi connectivity index (χ1v) is 6.22. The van der Waals surface area contributed by atoms with E-state index in [-0.39, 0.29) is 6.61 Å². The van der Waals surface area contributed by atoms with Crippen LogP contribution in [0.3, 0.4) is 0 Å². The molecule has 1 N–H and O–H groups in total. The van der Waals surface area contributed by atoms with E-state index >= 15 is 0 Å². The Morgan fingerprint density at radius 2 is 2.00 bits per heavy atom. The summed E-state index contributed by atoms with van der Waals surface area (Å²) in [5.41, 5.74) is 4.94. The molecule has 0 aliphatic carbocycles. The molecule has 0 spiro atoms. The van der Waals surface area contributed by atoms with Gasteiger partial charge < -0.3 is 5.11 Å². The average Bonchev–Trinajstić information content (AvgIpc) is 2.79. The summed E-state index contributed by atoms with van der Waals surface area (Å²) in [6, 6.07) is 9.93. The van der Waals surface area contributed by atoms with Gasteiger partial charge in [0.1, 0.15) is 5.82 Å². The third-order valence-electron chi connectivity index (χ3n) is 3.22. The predicted molar refractivity (Wildman–Crippen MR) is 73.8 cm³/mol. The summed E-state index contributed by atoms with van der Waals surface area (Å²) in [6.45, 7) is 3.94. The second-order valence-electron chi connectivity index (χ2n) is 4.65. The number of aliphatic hydroxyl groups excluding tert-OH is 1. The van der Waals surface area contributed by atoms with Crippen LogP contribution in [0.1, 0.15) is 17.0 Å². The number of nitrogens with zero attached hydrogens (tertiary/aromatic N) is 3. The maximum atomic E-state index is 9.43. The molecule has 3 aromatic rings. The van der Waals surface area contributed by atoms with Crippen molar-refractivity contribution in [3.63, 3.8) is 0 Å². The van der Waals surface area contributed by atoms with Crippen molar-refractivity contribution in [2.24, 2.45) is 0 Å². The molecule has 0 amide bonds. The molecule has 0 unspecified atom stereocenters. The largest absolute Gasteiger partial charge is 0.392 e. The first kappa shape index (κ1) is 11.9. The van der Waals surface area contributed by atoms with Gasteiger partial charge in [0.15, 0.2) is 5.65 Å². The molecule has 0 atom stereocenters. The molecule has 4 nitrogen and oxygen atoms in total. The molecule has 1 aromatic carbocycles. The summed E-state index contributed by atoms with van der Waals surface area (Å²) < 4.78 is 1.80. The Balaban J connectivity index is 2.25. The molecule has 96 valence electrons. The molecule has 0 aliphatic rings. The quantitative estimate of drug-likeness (QED) is 0.763. The number of pyridine rings is 1. The summed E-state index contributed by atoms with van der Waals surface area (Å²) in [6.07, 6.45) is 1.96. The van der Waals surface area contributed by atoms with E-state index in [4.69, 9.17) is 0 Å². The van der Waals surface area contributed by atoms with Crippen LogP contribution in [0.25, 0.3) is 16.8 Å². The molecule has 0 saturated carbocycles. The van der Waals surface area contributed by atoms with E-state index in [9.17, 15) is 5.11 Å². The zero-order chi connectivity index (χ0) is 13.4. The molecule has 4 heteroatoms. The minimum atomic E-state index is 0.0314. The lowest BCUT2D eigenvalue weighted by atomic mass is 10.0. The molecular formula is C15H15N3O. The van der Waals surface area contributed by atoms with Crippen molar-refractivity contribution in [3.05, 3.63) is 53.5 Å². The van der Waals surface area contributed by atoms with Crippen LogP contribution in [-0.2, 0) is 6.61 Å². The van der Waals surface area contributed by atoms with Gasteiger partial charge in [-0.25, -0.2) is 9.50 Å². The van der Waals surface area contributed by atoms with Crippen molar-refractivity contribution in [2.75, 3.05) is 0 Å². The zero-order valence-electron chi connectivity index (χ0n) is 11.0. The zero-order valence-corrected chi connectivity index (χ0v) is 11.0. The molecular weight excluding hydrogens is 238 g/mol. The Morgan fingerprint density at radius 1 is 1.21 bits per heavy atom. The molecule has 0 bridgehead atoms. The van der Waals surface area contributed by atoms with Crippen LogP contribution in [0.15, 0.2) is 36.5 Å². The molecule has 0 aliphatic heterocycles. The second-order valence-corrected chi connectivity index (χ2v) is 4.65. The minimum absolute atomic E-state index is 0.0314. The van der Waals surface area contributed by atoms with Crippen LogP contribution in [0.2, 0.25) is 0 Å². The fourth-order valence-electron chi connectivity index (χ4n) is 2.34. The molecule has 0 fully saturated rings. The van der Waals surface area contributed by atoms with Gasteiger partial charge in [-0.1, -0.05) is 24.3 Å². The molecule has 2 heterocycles. The van der Waals surface area contributed by atoms with Gasteiger partial charge in [0, 0.05) is 11.8 Å². The van der Waals surface area contributed by atoms with Crippen LogP contribution in [-0.4, -0.2) is 19.7 Å². The van der Waals surface area contributed by atoms with Crippen LogP contribution >= 0.6 is 0 Å². The van der Waals surface area contributed by atoms with Gasteiger partial charge in [-0.15, -0.1) is 0 Å². The highest BCUT2D eigenvalue weighted by molar-refractivity contribution is 5.69. The van der Waals surface area contributed by atoms with Crippen LogP contribution < -0.4 is 0 Å². The van der Waals surface area contributed by atoms with E-state index in [0.717, 1.165) is 33.7 Å². The van der Waals surface area contributed by atoms with Crippen molar-refractivity contribution in [2.45, 2.75) is 20.5 Å². The lowest BCUT2D eigenvalue weighted by Crippen LogP contribution is -1.95. The number of aryl methyl sites for hydroxylation is 2. The number of fused-ring (bicyclic) bond motifs is 1. The highest BCUT2D eigenvalue weighted by Crippen LogP contribution is 2.25. The molecule has 0 radical (unpaired) electrons. The third kappa shape index (κ3) is 2.00. The molecule has 19 heavy (non-hydrogen) atoms. The van der Waals surface area contributed by atoms with Crippen molar-refractivity contribution >= 4 is 5.65 Å². The van der Waals surface area contributed by atoms with Crippen LogP contribution in [0.4, 0.5) is 0 Å². The molecule has 2 aromatic heterocycles. The molecule has 0 saturated heterocycles. The van der Waals surface area contributed by atoms with E-state index in [2.05, 4.69) is 16.1 Å². The van der Waals surface area contributed by atoms with E-state index in [1.807, 2.05) is 44.3 Å². The Kier molecular flexibility index (Phi) is 2.80. The maximum Gasteiger partial charge on any atom is 0.158 e. The smallest absolute Gasteiger partial charge is 0.158 e. The van der Waals surface area contributed by atoms with Gasteiger partial charge >= 0.3 is 0 Å². The third-order valence-corrected chi connectivity index (χ3v) is 3.22. The molecule has 3 rings (SSSR count). The summed E-state index contributed by atoms with van der Waals surface area (Å²) in [5, 5.41) is 13.8. The predicted octanol–water partition coefficient (Wildman–Crippen LogP) is 2.51. The summed E-state index contributed by atoms with van der Waals surface area (Å²) >= 11 is 0. The van der Waals surface area contributed by atoms with Gasteiger partial charge in [0.25, 0.3) is 0 Å². The average molecular weight is 253 g/mol. The van der Waals surface area contributed by atoms with Gasteiger partial charge in [-0.2, -0.15) is 5.10 Å². The number of hydrogen-bond donors (Lipinski definition) is 1. The topological polar surface area (TPSA) is 50.4 Å². The Morgan fingerprint density at radius 3 is 2.79 bits per heavy atom. The van der Waals surface area contributed by atoms with Crippen molar-refractivity contribution in [1.82, 2.24) is 14.6 Å². The van der Waals surface area contributed by atoms with E-state index < -0.39 is 0 Å². The van der Waals surface area contributed by atoms with Gasteiger partial charge in [0.2, 0.25) is 0 Å². The lowest BCUT2D eigenvalue weighted by molar-refractivity contribution is 0.282. The standard InChI is InChI=1S/C15H15N3O/c1-10-7-13(8-18-15(10)16-11(2)17-18)14-6-4-3-5-12(14)9-19/h3-8,19H,9H2,1-2H3. The van der Waals surface area contributed by atoms with E-state index in [1.54, 1.807) is 4.52 Å². The van der Waals surface area contributed by atoms with Crippen molar-refractivity contribution < 1.29 is 5.11 Å². The van der Waals surface area contributed by atoms with E-state index in [0.29, 0.717) is 0 Å². The van der Waals surface area contributed by atoms with Gasteiger partial charge in [0.05, 0.1) is 6.61 Å². The number of benzene rings is 1. The van der Waals surface area contributed by atoms with Gasteiger partial charge in [-0.05, 0) is 36.6 Å². The Bertz CT molecular complexity index is 746. The van der Waals surface area contributed by atoms with E-state index in [1.165, 1.54) is 0 Å². The second kappa shape index (κ2) is 4.48. The number of rotatable bonds is 2. The minimum Gasteiger partial charge on any atom is -0.392 e. The first-order valence-electron chi connectivity index (χ1n) is 6.22. The maximum absolute atomic E-state index is 9.43. The fourth-order valence-corrected chi connectivity index (χ4v) is 2.34. The Hall–Kier alpha value is -2.20. The summed E-state index contributed by atoms with van der Waals surface area (Å²) in [7, 11) is 0. The fraction of sp³-hybridized carbons (Fsp3) is 0.200. The number of aromatic nitrogens is 3. The van der Waals surface area contributed by atoms with Crippen molar-refractivity contribution in [1.29, 1.82) is 0 Å². The number of hydrogen-bond acceptors (Lipinski definition) is 3. The summed E-state index contributed by atoms with van der Waals surface area (Å²) in [4.78, 5) is 4.39. The van der Waals surface area contributed by atoms with Crippen molar-refractivity contribution in [3.8, 4) is 11.1 Å². The first-order chi connectivity index (χ1) is 9.19. The monoisotopic (exact) mass is 253 g/mol. The highest BCUT2D eigenvalue weighted by atomic mass is 16.3. The summed E-state index contributed by atoms with van der Waals surface area (Å²) in [5.74, 6) is 0.760. The normalized spacial score (nSPS) is 11.1. The van der Waals surface area contributed by atoms with Gasteiger partial charge in [-0.3, -0.25) is 0 Å². The SMILES string of the molecule is Cc1nc2c(C)cc(-c3ccccc3CO)cn2n1. The highest BCUT2D eigenvalue weighted by Gasteiger charge is 2.09. The number of aliphatic hydroxyl groups is 1. The van der Waals surface area contributed by atoms with Crippen LogP contribution in [0, 0.1) is 13.8 Å². The Labute approximate surface area is 111 Å². The lowest BCUT2D eigenvalue weighted by Gasteiger charge is -2.08.